The van der Waals surface area contributed by atoms with Gasteiger partial charge in [-0.25, -0.2) is 14.5 Å². The summed E-state index contributed by atoms with van der Waals surface area (Å²) < 4.78 is 2.43. The molecule has 0 atom stereocenters. The standard InChI is InChI=1S/C14H11BrN4O2/c1-2-11-17-13(14(20)21)18-19(11)10-5-3-4-8-6-9(15)7-16-12(8)10/h3-7H,2H2,1H3,(H,20,21). The zero-order valence-electron chi connectivity index (χ0n) is 11.1. The van der Waals surface area contributed by atoms with Gasteiger partial charge >= 0.3 is 5.97 Å². The van der Waals surface area contributed by atoms with Crippen LogP contribution in [0.3, 0.4) is 0 Å². The van der Waals surface area contributed by atoms with Crippen LogP contribution in [0.15, 0.2) is 34.9 Å². The Morgan fingerprint density at radius 3 is 2.95 bits per heavy atom. The highest BCUT2D eigenvalue weighted by Crippen LogP contribution is 2.23. The lowest BCUT2D eigenvalue weighted by Gasteiger charge is -2.07. The molecule has 0 aliphatic rings. The SMILES string of the molecule is CCc1nc(C(=O)O)nn1-c1cccc2cc(Br)cnc12. The van der Waals surface area contributed by atoms with E-state index in [1.54, 1.807) is 10.9 Å². The lowest BCUT2D eigenvalue weighted by atomic mass is 10.2. The number of aromatic nitrogens is 4. The second-order valence-electron chi connectivity index (χ2n) is 4.42. The van der Waals surface area contributed by atoms with E-state index in [9.17, 15) is 4.79 Å². The van der Waals surface area contributed by atoms with E-state index in [0.717, 1.165) is 21.1 Å². The molecule has 0 aliphatic carbocycles. The highest BCUT2D eigenvalue weighted by Gasteiger charge is 2.17. The first-order valence-corrected chi connectivity index (χ1v) is 7.13. The molecule has 0 bridgehead atoms. The number of benzene rings is 1. The number of para-hydroxylation sites is 1. The summed E-state index contributed by atoms with van der Waals surface area (Å²) in [6.07, 6.45) is 2.28. The van der Waals surface area contributed by atoms with Crippen LogP contribution in [0.1, 0.15) is 23.4 Å². The highest BCUT2D eigenvalue weighted by atomic mass is 79.9. The summed E-state index contributed by atoms with van der Waals surface area (Å²) >= 11 is 3.39. The quantitative estimate of drug-likeness (QED) is 0.788. The molecule has 2 heterocycles. The van der Waals surface area contributed by atoms with Gasteiger partial charge in [-0.1, -0.05) is 19.1 Å². The average Bonchev–Trinajstić information content (AvgIpc) is 2.90. The van der Waals surface area contributed by atoms with Gasteiger partial charge in [0.05, 0.1) is 11.2 Å². The van der Waals surface area contributed by atoms with E-state index in [0.29, 0.717) is 12.2 Å². The molecule has 3 rings (SSSR count). The minimum absolute atomic E-state index is 0.207. The van der Waals surface area contributed by atoms with Crippen LogP contribution in [0, 0.1) is 0 Å². The average molecular weight is 347 g/mol. The summed E-state index contributed by atoms with van der Waals surface area (Å²) in [6.45, 7) is 1.90. The minimum Gasteiger partial charge on any atom is -0.475 e. The Kier molecular flexibility index (Phi) is 3.42. The van der Waals surface area contributed by atoms with E-state index in [1.165, 1.54) is 0 Å². The summed E-state index contributed by atoms with van der Waals surface area (Å²) in [5, 5.41) is 14.1. The number of aromatic carboxylic acids is 1. The smallest absolute Gasteiger partial charge is 0.375 e. The molecule has 0 radical (unpaired) electrons. The molecule has 2 aromatic heterocycles. The van der Waals surface area contributed by atoms with E-state index < -0.39 is 5.97 Å². The monoisotopic (exact) mass is 346 g/mol. The van der Waals surface area contributed by atoms with Crippen LogP contribution >= 0.6 is 15.9 Å². The molecule has 6 nitrogen and oxygen atoms in total. The van der Waals surface area contributed by atoms with E-state index >= 15 is 0 Å². The third-order valence-electron chi connectivity index (χ3n) is 3.07. The zero-order chi connectivity index (χ0) is 15.0. The number of aryl methyl sites for hydroxylation is 1. The predicted molar refractivity (Wildman–Crippen MR) is 80.7 cm³/mol. The van der Waals surface area contributed by atoms with Gasteiger partial charge in [-0.2, -0.15) is 0 Å². The maximum atomic E-state index is 11.1. The number of carboxylic acids is 1. The molecule has 0 unspecified atom stereocenters. The number of nitrogens with zero attached hydrogens (tertiary/aromatic N) is 4. The molecule has 1 aromatic carbocycles. The topological polar surface area (TPSA) is 80.9 Å². The number of hydrogen-bond acceptors (Lipinski definition) is 4. The van der Waals surface area contributed by atoms with Crippen LogP contribution in [0.4, 0.5) is 0 Å². The van der Waals surface area contributed by atoms with Crippen molar-refractivity contribution in [1.82, 2.24) is 19.7 Å². The Bertz CT molecular complexity index is 844. The summed E-state index contributed by atoms with van der Waals surface area (Å²) in [5.74, 6) is -0.759. The van der Waals surface area contributed by atoms with Gasteiger partial charge in [0.15, 0.2) is 0 Å². The molecule has 0 fully saturated rings. The van der Waals surface area contributed by atoms with Gasteiger partial charge in [0, 0.05) is 22.5 Å². The second kappa shape index (κ2) is 5.25. The van der Waals surface area contributed by atoms with Crippen molar-refractivity contribution in [3.63, 3.8) is 0 Å². The lowest BCUT2D eigenvalue weighted by Crippen LogP contribution is -2.04. The van der Waals surface area contributed by atoms with Gasteiger partial charge in [0.2, 0.25) is 0 Å². The first kappa shape index (κ1) is 13.7. The van der Waals surface area contributed by atoms with E-state index in [-0.39, 0.29) is 5.82 Å². The third kappa shape index (κ3) is 2.40. The molecule has 106 valence electrons. The van der Waals surface area contributed by atoms with Gasteiger partial charge in [0.25, 0.3) is 5.82 Å². The lowest BCUT2D eigenvalue weighted by molar-refractivity contribution is 0.0683. The number of rotatable bonds is 3. The molecular formula is C14H11BrN4O2. The van der Waals surface area contributed by atoms with Crippen LogP contribution in [0.25, 0.3) is 16.6 Å². The Labute approximate surface area is 128 Å². The van der Waals surface area contributed by atoms with E-state index in [2.05, 4.69) is 31.0 Å². The van der Waals surface area contributed by atoms with Crippen LogP contribution in [-0.2, 0) is 6.42 Å². The number of fused-ring (bicyclic) bond motifs is 1. The first-order valence-electron chi connectivity index (χ1n) is 6.34. The fourth-order valence-corrected chi connectivity index (χ4v) is 2.49. The molecule has 0 saturated carbocycles. The van der Waals surface area contributed by atoms with Crippen molar-refractivity contribution in [2.45, 2.75) is 13.3 Å². The molecule has 0 spiro atoms. The van der Waals surface area contributed by atoms with Crippen molar-refractivity contribution in [3.05, 3.63) is 46.6 Å². The molecular weight excluding hydrogens is 336 g/mol. The van der Waals surface area contributed by atoms with Crippen molar-refractivity contribution in [2.24, 2.45) is 0 Å². The number of carbonyl (C=O) groups is 1. The minimum atomic E-state index is -1.14. The van der Waals surface area contributed by atoms with Crippen LogP contribution in [0.2, 0.25) is 0 Å². The zero-order valence-corrected chi connectivity index (χ0v) is 12.7. The summed E-state index contributed by atoms with van der Waals surface area (Å²) in [6, 6.07) is 7.62. The molecule has 7 heteroatoms. The molecule has 3 aromatic rings. The third-order valence-corrected chi connectivity index (χ3v) is 3.50. The summed E-state index contributed by atoms with van der Waals surface area (Å²) in [5.41, 5.74) is 1.47. The van der Waals surface area contributed by atoms with Crippen molar-refractivity contribution < 1.29 is 9.90 Å². The summed E-state index contributed by atoms with van der Waals surface area (Å²) in [7, 11) is 0. The van der Waals surface area contributed by atoms with Gasteiger partial charge in [-0.15, -0.1) is 5.10 Å². The largest absolute Gasteiger partial charge is 0.475 e. The van der Waals surface area contributed by atoms with Crippen molar-refractivity contribution in [3.8, 4) is 5.69 Å². The molecule has 0 amide bonds. The van der Waals surface area contributed by atoms with Crippen molar-refractivity contribution >= 4 is 32.8 Å². The number of hydrogen-bond donors (Lipinski definition) is 1. The Morgan fingerprint density at radius 2 is 2.24 bits per heavy atom. The molecule has 0 saturated heterocycles. The number of halogens is 1. The van der Waals surface area contributed by atoms with Crippen LogP contribution < -0.4 is 0 Å². The summed E-state index contributed by atoms with van der Waals surface area (Å²) in [4.78, 5) is 19.5. The predicted octanol–water partition coefficient (Wildman–Crippen LogP) is 2.84. The van der Waals surface area contributed by atoms with Crippen LogP contribution in [-0.4, -0.2) is 30.8 Å². The number of pyridine rings is 1. The fourth-order valence-electron chi connectivity index (χ4n) is 2.15. The first-order chi connectivity index (χ1) is 10.1. The van der Waals surface area contributed by atoms with Gasteiger partial charge < -0.3 is 5.11 Å². The van der Waals surface area contributed by atoms with Crippen molar-refractivity contribution in [1.29, 1.82) is 0 Å². The van der Waals surface area contributed by atoms with Gasteiger partial charge in [-0.3, -0.25) is 4.98 Å². The van der Waals surface area contributed by atoms with E-state index in [1.807, 2.05) is 31.2 Å². The normalized spacial score (nSPS) is 11.0. The Balaban J connectivity index is 2.27. The van der Waals surface area contributed by atoms with E-state index in [4.69, 9.17) is 5.11 Å². The van der Waals surface area contributed by atoms with Crippen molar-refractivity contribution in [2.75, 3.05) is 0 Å². The van der Waals surface area contributed by atoms with Gasteiger partial charge in [-0.05, 0) is 28.1 Å². The maximum Gasteiger partial charge on any atom is 0.375 e. The molecule has 21 heavy (non-hydrogen) atoms. The maximum absolute atomic E-state index is 11.1. The highest BCUT2D eigenvalue weighted by molar-refractivity contribution is 9.10. The Hall–Kier alpha value is -2.28. The van der Waals surface area contributed by atoms with Gasteiger partial charge in [0.1, 0.15) is 5.82 Å². The second-order valence-corrected chi connectivity index (χ2v) is 5.34. The Morgan fingerprint density at radius 1 is 1.43 bits per heavy atom. The van der Waals surface area contributed by atoms with Crippen LogP contribution in [0.5, 0.6) is 0 Å². The molecule has 1 N–H and O–H groups in total. The number of carboxylic acid groups (broad SMARTS) is 1. The fraction of sp³-hybridized carbons (Fsp3) is 0.143. The molecule has 0 aliphatic heterocycles.